The molecule has 7 heteroatoms. The number of aliphatic hydroxyl groups is 2. The maximum atomic E-state index is 13.3. The zero-order chi connectivity index (χ0) is 29.5. The normalized spacial score (nSPS) is 19.7. The van der Waals surface area contributed by atoms with Gasteiger partial charge in [0.2, 0.25) is 0 Å². The maximum absolute atomic E-state index is 13.3. The quantitative estimate of drug-likeness (QED) is 0.203. The second-order valence-corrected chi connectivity index (χ2v) is 13.1. The van der Waals surface area contributed by atoms with Gasteiger partial charge < -0.3 is 29.9 Å². The fourth-order valence-corrected chi connectivity index (χ4v) is 6.85. The first-order valence-corrected chi connectivity index (χ1v) is 16.2. The smallest absolute Gasteiger partial charge is 0.253 e. The highest BCUT2D eigenvalue weighted by Crippen LogP contribution is 2.46. The van der Waals surface area contributed by atoms with Crippen molar-refractivity contribution in [2.24, 2.45) is 17.8 Å². The summed E-state index contributed by atoms with van der Waals surface area (Å²) in [5.41, 5.74) is 2.80. The molecule has 3 N–H and O–H groups in total. The summed E-state index contributed by atoms with van der Waals surface area (Å²) in [4.78, 5) is 15.7. The first-order valence-electron chi connectivity index (χ1n) is 16.2. The second kappa shape index (κ2) is 14.1. The Bertz CT molecular complexity index is 1160. The Kier molecular flexibility index (Phi) is 10.3. The molecule has 2 aromatic rings. The first-order chi connectivity index (χ1) is 20.3. The highest BCUT2D eigenvalue weighted by molar-refractivity contribution is 6.00. The SMILES string of the molecule is COc1ccc(C(=O)NCC2CCCCCC2)c(N2CCC(COc3cccc(C(CC(C)(O)O)C4CC4)c3)CC2)c1. The number of nitrogens with zero attached hydrogens (tertiary/aromatic N) is 1. The fraction of sp³-hybridized carbons (Fsp3) is 0.629. The number of hydrogen-bond acceptors (Lipinski definition) is 6. The summed E-state index contributed by atoms with van der Waals surface area (Å²) in [6, 6.07) is 14.0. The number of hydrogen-bond donors (Lipinski definition) is 3. The van der Waals surface area contributed by atoms with E-state index in [0.29, 0.717) is 30.8 Å². The summed E-state index contributed by atoms with van der Waals surface area (Å²) in [5, 5.41) is 23.3. The van der Waals surface area contributed by atoms with Crippen LogP contribution in [0.3, 0.4) is 0 Å². The van der Waals surface area contributed by atoms with Gasteiger partial charge in [-0.2, -0.15) is 0 Å². The molecule has 1 atom stereocenters. The van der Waals surface area contributed by atoms with Gasteiger partial charge in [0.25, 0.3) is 5.91 Å². The van der Waals surface area contributed by atoms with Crippen molar-refractivity contribution in [2.75, 3.05) is 38.3 Å². The number of methoxy groups -OCH3 is 1. The van der Waals surface area contributed by atoms with E-state index in [1.54, 1.807) is 7.11 Å². The molecule has 7 nitrogen and oxygen atoms in total. The van der Waals surface area contributed by atoms with Crippen LogP contribution in [0.15, 0.2) is 42.5 Å². The third-order valence-electron chi connectivity index (χ3n) is 9.50. The summed E-state index contributed by atoms with van der Waals surface area (Å²) in [6.07, 6.45) is 12.2. The highest BCUT2D eigenvalue weighted by Gasteiger charge is 2.36. The molecule has 3 aliphatic rings. The van der Waals surface area contributed by atoms with Crippen molar-refractivity contribution in [3.05, 3.63) is 53.6 Å². The molecule has 42 heavy (non-hydrogen) atoms. The van der Waals surface area contributed by atoms with Gasteiger partial charge in [-0.3, -0.25) is 4.79 Å². The molecule has 2 saturated carbocycles. The van der Waals surface area contributed by atoms with Crippen LogP contribution in [0.1, 0.15) is 99.4 Å². The van der Waals surface area contributed by atoms with Crippen LogP contribution < -0.4 is 19.7 Å². The standard InChI is InChI=1S/C35H50N2O5/c1-35(39,40)22-32(27-12-13-27)28-10-7-11-30(20-28)42-24-26-16-18-37(19-17-26)33-21-29(41-2)14-15-31(33)34(38)36-23-25-8-5-3-4-6-9-25/h7,10-11,14-15,20-21,25-27,32,39-40H,3-6,8-9,12-13,16-19,22-24H2,1-2H3,(H,36,38). The van der Waals surface area contributed by atoms with Crippen molar-refractivity contribution < 1.29 is 24.5 Å². The predicted octanol–water partition coefficient (Wildman–Crippen LogP) is 6.28. The number of ether oxygens (including phenoxy) is 2. The monoisotopic (exact) mass is 578 g/mol. The van der Waals surface area contributed by atoms with Gasteiger partial charge in [0, 0.05) is 32.1 Å². The van der Waals surface area contributed by atoms with Crippen molar-refractivity contribution in [1.82, 2.24) is 5.32 Å². The number of benzene rings is 2. The van der Waals surface area contributed by atoms with E-state index in [2.05, 4.69) is 22.3 Å². The Morgan fingerprint density at radius 3 is 2.36 bits per heavy atom. The van der Waals surface area contributed by atoms with E-state index in [4.69, 9.17) is 9.47 Å². The largest absolute Gasteiger partial charge is 0.497 e. The van der Waals surface area contributed by atoms with Gasteiger partial charge in [-0.15, -0.1) is 0 Å². The molecular weight excluding hydrogens is 528 g/mol. The third-order valence-corrected chi connectivity index (χ3v) is 9.50. The minimum atomic E-state index is -1.67. The topological polar surface area (TPSA) is 91.3 Å². The van der Waals surface area contributed by atoms with Gasteiger partial charge in [-0.05, 0) is 98.9 Å². The van der Waals surface area contributed by atoms with Gasteiger partial charge >= 0.3 is 0 Å². The van der Waals surface area contributed by atoms with Gasteiger partial charge in [0.1, 0.15) is 11.5 Å². The molecule has 3 fully saturated rings. The molecular formula is C35H50N2O5. The Morgan fingerprint density at radius 1 is 0.952 bits per heavy atom. The number of nitrogens with one attached hydrogen (secondary N) is 1. The van der Waals surface area contributed by atoms with Crippen LogP contribution in [-0.2, 0) is 0 Å². The number of piperidine rings is 1. The van der Waals surface area contributed by atoms with Crippen molar-refractivity contribution in [3.63, 3.8) is 0 Å². The van der Waals surface area contributed by atoms with Gasteiger partial charge in [0.15, 0.2) is 5.79 Å². The molecule has 2 aromatic carbocycles. The summed E-state index contributed by atoms with van der Waals surface area (Å²) in [7, 11) is 1.67. The minimum Gasteiger partial charge on any atom is -0.497 e. The van der Waals surface area contributed by atoms with Crippen molar-refractivity contribution in [1.29, 1.82) is 0 Å². The summed E-state index contributed by atoms with van der Waals surface area (Å²) < 4.78 is 11.8. The Hall–Kier alpha value is -2.77. The molecule has 0 bridgehead atoms. The van der Waals surface area contributed by atoms with Gasteiger partial charge in [0.05, 0.1) is 25.0 Å². The van der Waals surface area contributed by atoms with E-state index in [1.807, 2.05) is 30.3 Å². The van der Waals surface area contributed by atoms with E-state index in [1.165, 1.54) is 45.4 Å². The van der Waals surface area contributed by atoms with Crippen LogP contribution in [0, 0.1) is 17.8 Å². The summed E-state index contributed by atoms with van der Waals surface area (Å²) >= 11 is 0. The van der Waals surface area contributed by atoms with Crippen LogP contribution in [0.25, 0.3) is 0 Å². The average molecular weight is 579 g/mol. The van der Waals surface area contributed by atoms with Crippen LogP contribution in [0.2, 0.25) is 0 Å². The molecule has 1 heterocycles. The third kappa shape index (κ3) is 8.63. The molecule has 1 aliphatic heterocycles. The van der Waals surface area contributed by atoms with Crippen LogP contribution in [-0.4, -0.2) is 55.3 Å². The number of anilines is 1. The van der Waals surface area contributed by atoms with E-state index >= 15 is 0 Å². The van der Waals surface area contributed by atoms with Crippen LogP contribution in [0.5, 0.6) is 11.5 Å². The summed E-state index contributed by atoms with van der Waals surface area (Å²) in [6.45, 7) is 4.59. The molecule has 0 spiro atoms. The second-order valence-electron chi connectivity index (χ2n) is 13.1. The lowest BCUT2D eigenvalue weighted by atomic mass is 9.88. The Labute approximate surface area is 251 Å². The zero-order valence-electron chi connectivity index (χ0n) is 25.5. The average Bonchev–Trinajstić information content (AvgIpc) is 3.86. The number of rotatable bonds is 12. The number of amides is 1. The van der Waals surface area contributed by atoms with Gasteiger partial charge in [-0.1, -0.05) is 37.8 Å². The molecule has 0 aromatic heterocycles. The van der Waals surface area contributed by atoms with Crippen LogP contribution >= 0.6 is 0 Å². The number of carbonyl (C=O) groups excluding carboxylic acids is 1. The predicted molar refractivity (Wildman–Crippen MR) is 166 cm³/mol. The van der Waals surface area contributed by atoms with Crippen molar-refractivity contribution in [3.8, 4) is 11.5 Å². The van der Waals surface area contributed by atoms with Crippen LogP contribution in [0.4, 0.5) is 5.69 Å². The van der Waals surface area contributed by atoms with Gasteiger partial charge in [-0.25, -0.2) is 0 Å². The molecule has 230 valence electrons. The Morgan fingerprint density at radius 2 is 1.69 bits per heavy atom. The van der Waals surface area contributed by atoms with E-state index in [9.17, 15) is 15.0 Å². The lowest BCUT2D eigenvalue weighted by Gasteiger charge is -2.34. The Balaban J connectivity index is 1.16. The highest BCUT2D eigenvalue weighted by atomic mass is 16.5. The molecule has 5 rings (SSSR count). The molecule has 1 unspecified atom stereocenters. The minimum absolute atomic E-state index is 0.00875. The maximum Gasteiger partial charge on any atom is 0.253 e. The van der Waals surface area contributed by atoms with E-state index in [0.717, 1.165) is 73.6 Å². The van der Waals surface area contributed by atoms with E-state index in [-0.39, 0.29) is 11.8 Å². The lowest BCUT2D eigenvalue weighted by molar-refractivity contribution is -0.153. The molecule has 1 amide bonds. The van der Waals surface area contributed by atoms with E-state index < -0.39 is 5.79 Å². The first kappa shape index (κ1) is 30.7. The summed E-state index contributed by atoms with van der Waals surface area (Å²) in [5.74, 6) is 1.62. The molecule has 0 radical (unpaired) electrons. The van der Waals surface area contributed by atoms with Crippen molar-refractivity contribution in [2.45, 2.75) is 89.3 Å². The fourth-order valence-electron chi connectivity index (χ4n) is 6.85. The molecule has 1 saturated heterocycles. The lowest BCUT2D eigenvalue weighted by Crippen LogP contribution is -2.37. The van der Waals surface area contributed by atoms with Crippen molar-refractivity contribution >= 4 is 11.6 Å². The molecule has 2 aliphatic carbocycles. The zero-order valence-corrected chi connectivity index (χ0v) is 25.5. The number of carbonyl (C=O) groups is 1.